The van der Waals surface area contributed by atoms with Crippen molar-refractivity contribution in [2.24, 2.45) is 12.8 Å². The average molecular weight is 343 g/mol. The van der Waals surface area contributed by atoms with Gasteiger partial charge >= 0.3 is 0 Å². The first-order valence-corrected chi connectivity index (χ1v) is 8.17. The summed E-state index contributed by atoms with van der Waals surface area (Å²) >= 11 is 0. The summed E-state index contributed by atoms with van der Waals surface area (Å²) in [5.41, 5.74) is 11.5. The van der Waals surface area contributed by atoms with Crippen LogP contribution in [0, 0.1) is 6.92 Å². The second kappa shape index (κ2) is 6.07. The Hall–Kier alpha value is -3.54. The fourth-order valence-corrected chi connectivity index (χ4v) is 3.09. The van der Waals surface area contributed by atoms with Crippen molar-refractivity contribution in [3.8, 4) is 22.3 Å². The maximum absolute atomic E-state index is 11.5. The van der Waals surface area contributed by atoms with E-state index < -0.39 is 5.91 Å². The molecule has 0 radical (unpaired) electrons. The molecule has 0 spiro atoms. The lowest BCUT2D eigenvalue weighted by Crippen LogP contribution is -2.12. The maximum Gasteiger partial charge on any atom is 0.267 e. The highest BCUT2D eigenvalue weighted by Crippen LogP contribution is 2.31. The van der Waals surface area contributed by atoms with E-state index in [0.717, 1.165) is 33.2 Å². The van der Waals surface area contributed by atoms with E-state index in [9.17, 15) is 4.79 Å². The second-order valence-electron chi connectivity index (χ2n) is 6.25. The van der Waals surface area contributed by atoms with E-state index in [0.29, 0.717) is 5.52 Å². The van der Waals surface area contributed by atoms with E-state index in [-0.39, 0.29) is 5.69 Å². The summed E-state index contributed by atoms with van der Waals surface area (Å²) in [6.45, 7) is 2.05. The first kappa shape index (κ1) is 16.0. The molecule has 1 amide bonds. The number of carbonyl (C=O) groups excluding carboxylic acids is 1. The molecule has 0 unspecified atom stereocenters. The first-order valence-electron chi connectivity index (χ1n) is 8.17. The molecule has 0 saturated carbocycles. The standard InChI is InChI=1S/C20H17N5O/c1-12-7-13(15-9-23-25(2)11-15)3-5-16(12)17-10-22-8-14-4-6-18(20(21)26)24-19(14)17/h3-11H,1-2H3,(H2,21,26). The van der Waals surface area contributed by atoms with Gasteiger partial charge in [-0.2, -0.15) is 5.10 Å². The molecule has 4 rings (SSSR count). The number of aryl methyl sites for hydroxylation is 2. The Labute approximate surface area is 150 Å². The molecule has 128 valence electrons. The van der Waals surface area contributed by atoms with Gasteiger partial charge in [-0.15, -0.1) is 0 Å². The van der Waals surface area contributed by atoms with E-state index >= 15 is 0 Å². The van der Waals surface area contributed by atoms with Crippen LogP contribution >= 0.6 is 0 Å². The number of hydrogen-bond donors (Lipinski definition) is 1. The average Bonchev–Trinajstić information content (AvgIpc) is 3.07. The summed E-state index contributed by atoms with van der Waals surface area (Å²) < 4.78 is 1.78. The zero-order valence-corrected chi connectivity index (χ0v) is 14.5. The van der Waals surface area contributed by atoms with E-state index in [4.69, 9.17) is 5.73 Å². The quantitative estimate of drug-likeness (QED) is 0.619. The monoisotopic (exact) mass is 343 g/mol. The SMILES string of the molecule is Cc1cc(-c2cnn(C)c2)ccc1-c1cncc2ccc(C(N)=O)nc12. The van der Waals surface area contributed by atoms with Crippen LogP contribution in [0.1, 0.15) is 16.1 Å². The summed E-state index contributed by atoms with van der Waals surface area (Å²) in [5, 5.41) is 5.09. The van der Waals surface area contributed by atoms with Gasteiger partial charge in [0.2, 0.25) is 0 Å². The molecular weight excluding hydrogens is 326 g/mol. The third-order valence-corrected chi connectivity index (χ3v) is 4.41. The van der Waals surface area contributed by atoms with Crippen LogP contribution in [0.4, 0.5) is 0 Å². The van der Waals surface area contributed by atoms with Crippen molar-refractivity contribution in [2.45, 2.75) is 6.92 Å². The van der Waals surface area contributed by atoms with Crippen LogP contribution in [0.2, 0.25) is 0 Å². The Morgan fingerprint density at radius 3 is 2.58 bits per heavy atom. The predicted molar refractivity (Wildman–Crippen MR) is 100 cm³/mol. The van der Waals surface area contributed by atoms with Gasteiger partial charge in [-0.25, -0.2) is 4.98 Å². The van der Waals surface area contributed by atoms with Crippen molar-refractivity contribution < 1.29 is 4.79 Å². The van der Waals surface area contributed by atoms with E-state index in [1.165, 1.54) is 0 Å². The van der Waals surface area contributed by atoms with E-state index in [1.807, 2.05) is 38.5 Å². The van der Waals surface area contributed by atoms with Gasteiger partial charge < -0.3 is 5.73 Å². The molecule has 0 atom stereocenters. The van der Waals surface area contributed by atoms with Gasteiger partial charge in [-0.1, -0.05) is 18.2 Å². The normalized spacial score (nSPS) is 11.0. The summed E-state index contributed by atoms with van der Waals surface area (Å²) in [6, 6.07) is 9.65. The van der Waals surface area contributed by atoms with Crippen molar-refractivity contribution in [2.75, 3.05) is 0 Å². The number of carbonyl (C=O) groups is 1. The van der Waals surface area contributed by atoms with Crippen LogP contribution in [-0.2, 0) is 7.05 Å². The van der Waals surface area contributed by atoms with Gasteiger partial charge in [0.15, 0.2) is 0 Å². The largest absolute Gasteiger partial charge is 0.364 e. The van der Waals surface area contributed by atoms with Crippen LogP contribution in [0.3, 0.4) is 0 Å². The summed E-state index contributed by atoms with van der Waals surface area (Å²) in [6.07, 6.45) is 7.32. The number of nitrogens with zero attached hydrogens (tertiary/aromatic N) is 4. The van der Waals surface area contributed by atoms with E-state index in [2.05, 4.69) is 27.2 Å². The maximum atomic E-state index is 11.5. The molecule has 0 saturated heterocycles. The lowest BCUT2D eigenvalue weighted by molar-refractivity contribution is 0.0996. The fraction of sp³-hybridized carbons (Fsp3) is 0.100. The third-order valence-electron chi connectivity index (χ3n) is 4.41. The number of benzene rings is 1. The van der Waals surface area contributed by atoms with Crippen LogP contribution < -0.4 is 5.73 Å². The van der Waals surface area contributed by atoms with Gasteiger partial charge in [0.25, 0.3) is 5.91 Å². The molecule has 3 aromatic heterocycles. The fourth-order valence-electron chi connectivity index (χ4n) is 3.09. The Kier molecular flexibility index (Phi) is 3.73. The van der Waals surface area contributed by atoms with Gasteiger partial charge in [0.1, 0.15) is 5.69 Å². The topological polar surface area (TPSA) is 86.7 Å². The number of amides is 1. The van der Waals surface area contributed by atoms with Crippen LogP contribution in [-0.4, -0.2) is 25.7 Å². The first-order chi connectivity index (χ1) is 12.5. The number of hydrogen-bond acceptors (Lipinski definition) is 4. The Morgan fingerprint density at radius 2 is 1.88 bits per heavy atom. The highest BCUT2D eigenvalue weighted by atomic mass is 16.1. The van der Waals surface area contributed by atoms with Crippen molar-refractivity contribution >= 4 is 16.8 Å². The van der Waals surface area contributed by atoms with Crippen molar-refractivity contribution in [1.29, 1.82) is 0 Å². The molecule has 26 heavy (non-hydrogen) atoms. The van der Waals surface area contributed by atoms with Crippen molar-refractivity contribution in [3.63, 3.8) is 0 Å². The number of pyridine rings is 2. The lowest BCUT2D eigenvalue weighted by atomic mass is 9.96. The molecule has 4 aromatic rings. The molecule has 0 fully saturated rings. The number of rotatable bonds is 3. The molecule has 0 aliphatic rings. The zero-order valence-electron chi connectivity index (χ0n) is 14.5. The number of primary amides is 1. The van der Waals surface area contributed by atoms with Crippen LogP contribution in [0.5, 0.6) is 0 Å². The summed E-state index contributed by atoms with van der Waals surface area (Å²) in [4.78, 5) is 20.3. The van der Waals surface area contributed by atoms with Gasteiger partial charge in [0, 0.05) is 42.2 Å². The molecular formula is C20H17N5O. The zero-order chi connectivity index (χ0) is 18.3. The van der Waals surface area contributed by atoms with Gasteiger partial charge in [0.05, 0.1) is 11.7 Å². The van der Waals surface area contributed by atoms with E-state index in [1.54, 1.807) is 23.1 Å². The molecule has 0 aliphatic heterocycles. The minimum atomic E-state index is -0.543. The molecule has 3 heterocycles. The lowest BCUT2D eigenvalue weighted by Gasteiger charge is -2.11. The summed E-state index contributed by atoms with van der Waals surface area (Å²) in [5.74, 6) is -0.543. The highest BCUT2D eigenvalue weighted by Gasteiger charge is 2.12. The second-order valence-corrected chi connectivity index (χ2v) is 6.25. The van der Waals surface area contributed by atoms with Crippen LogP contribution in [0.25, 0.3) is 33.2 Å². The molecule has 6 nitrogen and oxygen atoms in total. The molecule has 1 aromatic carbocycles. The molecule has 0 bridgehead atoms. The number of nitrogens with two attached hydrogens (primary N) is 1. The molecule has 0 aliphatic carbocycles. The molecule has 2 N–H and O–H groups in total. The van der Waals surface area contributed by atoms with Crippen LogP contribution in [0.15, 0.2) is 55.1 Å². The highest BCUT2D eigenvalue weighted by molar-refractivity contribution is 5.98. The Morgan fingerprint density at radius 1 is 1.04 bits per heavy atom. The molecule has 6 heteroatoms. The smallest absolute Gasteiger partial charge is 0.267 e. The minimum Gasteiger partial charge on any atom is -0.364 e. The third kappa shape index (κ3) is 2.71. The Bertz CT molecular complexity index is 1150. The van der Waals surface area contributed by atoms with Crippen molar-refractivity contribution in [3.05, 3.63) is 66.4 Å². The van der Waals surface area contributed by atoms with Crippen molar-refractivity contribution in [1.82, 2.24) is 19.7 Å². The van der Waals surface area contributed by atoms with Gasteiger partial charge in [-0.3, -0.25) is 14.5 Å². The summed E-state index contributed by atoms with van der Waals surface area (Å²) in [7, 11) is 1.90. The number of fused-ring (bicyclic) bond motifs is 1. The predicted octanol–water partition coefficient (Wildman–Crippen LogP) is 3.10. The minimum absolute atomic E-state index is 0.245. The number of aromatic nitrogens is 4. The van der Waals surface area contributed by atoms with Gasteiger partial charge in [-0.05, 0) is 35.7 Å². The Balaban J connectivity index is 1.87.